The number of ether oxygens (including phenoxy) is 1. The van der Waals surface area contributed by atoms with Gasteiger partial charge in [-0.2, -0.15) is 5.10 Å². The summed E-state index contributed by atoms with van der Waals surface area (Å²) in [5, 5.41) is 12.4. The molecule has 0 aliphatic heterocycles. The highest BCUT2D eigenvalue weighted by Crippen LogP contribution is 2.27. The van der Waals surface area contributed by atoms with Crippen LogP contribution in [0.2, 0.25) is 5.02 Å². The van der Waals surface area contributed by atoms with Crippen LogP contribution in [-0.2, 0) is 6.54 Å². The van der Waals surface area contributed by atoms with E-state index in [2.05, 4.69) is 24.3 Å². The van der Waals surface area contributed by atoms with E-state index < -0.39 is 0 Å². The van der Waals surface area contributed by atoms with Crippen molar-refractivity contribution in [3.63, 3.8) is 0 Å². The van der Waals surface area contributed by atoms with Gasteiger partial charge in [-0.1, -0.05) is 48.8 Å². The highest BCUT2D eigenvalue weighted by Gasteiger charge is 2.17. The Morgan fingerprint density at radius 2 is 1.72 bits per heavy atom. The largest absolute Gasteiger partial charge is 0.494 e. The number of carbonyl (C=O) groups is 1. The van der Waals surface area contributed by atoms with Crippen LogP contribution in [0.25, 0.3) is 28.3 Å². The van der Waals surface area contributed by atoms with Crippen molar-refractivity contribution in [3.8, 4) is 34.0 Å². The standard InChI is InChI=1S/C31H29ClN4O3/c1-21(2)16-17-38-27-14-10-23(11-15-27)30-24(20-36(34-30)26-6-4-3-5-7-26)19-33-31(37)28-18-29(39-35-28)22-8-12-25(32)13-9-22/h3-15,18,20-21H,16-17,19H2,1-2H3,(H,33,37). The fraction of sp³-hybridized carbons (Fsp3) is 0.194. The number of nitrogens with one attached hydrogen (secondary N) is 1. The quantitative estimate of drug-likeness (QED) is 0.202. The highest BCUT2D eigenvalue weighted by molar-refractivity contribution is 6.30. The van der Waals surface area contributed by atoms with E-state index in [1.165, 1.54) is 0 Å². The maximum Gasteiger partial charge on any atom is 0.273 e. The zero-order valence-electron chi connectivity index (χ0n) is 21.8. The van der Waals surface area contributed by atoms with Crippen LogP contribution >= 0.6 is 11.6 Å². The molecule has 0 aliphatic carbocycles. The van der Waals surface area contributed by atoms with Crippen molar-refractivity contribution in [1.82, 2.24) is 20.3 Å². The highest BCUT2D eigenvalue weighted by atomic mass is 35.5. The van der Waals surface area contributed by atoms with Crippen LogP contribution in [0.5, 0.6) is 5.75 Å². The molecule has 5 rings (SSSR count). The molecular weight excluding hydrogens is 512 g/mol. The first-order valence-corrected chi connectivity index (χ1v) is 13.2. The van der Waals surface area contributed by atoms with Crippen LogP contribution in [0.4, 0.5) is 0 Å². The van der Waals surface area contributed by atoms with Crippen LogP contribution in [0, 0.1) is 5.92 Å². The zero-order valence-corrected chi connectivity index (χ0v) is 22.6. The summed E-state index contributed by atoms with van der Waals surface area (Å²) in [5.41, 5.74) is 4.47. The molecule has 0 radical (unpaired) electrons. The van der Waals surface area contributed by atoms with Gasteiger partial charge in [0, 0.05) is 40.5 Å². The average Bonchev–Trinajstić information content (AvgIpc) is 3.61. The second kappa shape index (κ2) is 12.0. The lowest BCUT2D eigenvalue weighted by Crippen LogP contribution is -2.23. The SMILES string of the molecule is CC(C)CCOc1ccc(-c2nn(-c3ccccc3)cc2CNC(=O)c2cc(-c3ccc(Cl)cc3)on2)cc1. The van der Waals surface area contributed by atoms with Crippen molar-refractivity contribution in [2.75, 3.05) is 6.61 Å². The van der Waals surface area contributed by atoms with Gasteiger partial charge in [0.15, 0.2) is 11.5 Å². The van der Waals surface area contributed by atoms with E-state index in [1.54, 1.807) is 18.2 Å². The third kappa shape index (κ3) is 6.56. The summed E-state index contributed by atoms with van der Waals surface area (Å²) in [4.78, 5) is 12.9. The van der Waals surface area contributed by atoms with Gasteiger partial charge in [-0.05, 0) is 73.0 Å². The molecule has 198 valence electrons. The van der Waals surface area contributed by atoms with E-state index in [0.29, 0.717) is 23.3 Å². The lowest BCUT2D eigenvalue weighted by molar-refractivity contribution is 0.0942. The summed E-state index contributed by atoms with van der Waals surface area (Å²) in [5.74, 6) is 1.56. The Bertz CT molecular complexity index is 1520. The number of hydrogen-bond acceptors (Lipinski definition) is 5. The van der Waals surface area contributed by atoms with Gasteiger partial charge in [0.1, 0.15) is 5.75 Å². The number of hydrogen-bond donors (Lipinski definition) is 1. The Morgan fingerprint density at radius 3 is 2.44 bits per heavy atom. The van der Waals surface area contributed by atoms with Crippen molar-refractivity contribution >= 4 is 17.5 Å². The Morgan fingerprint density at radius 1 is 1.00 bits per heavy atom. The summed E-state index contributed by atoms with van der Waals surface area (Å²) in [6, 6.07) is 26.5. The average molecular weight is 541 g/mol. The first-order chi connectivity index (χ1) is 19.0. The minimum Gasteiger partial charge on any atom is -0.494 e. The van der Waals surface area contributed by atoms with Crippen molar-refractivity contribution in [2.24, 2.45) is 5.92 Å². The molecule has 1 N–H and O–H groups in total. The smallest absolute Gasteiger partial charge is 0.273 e. The predicted octanol–water partition coefficient (Wildman–Crippen LogP) is 7.20. The molecule has 0 saturated heterocycles. The van der Waals surface area contributed by atoms with E-state index in [9.17, 15) is 4.79 Å². The van der Waals surface area contributed by atoms with Crippen LogP contribution < -0.4 is 10.1 Å². The molecule has 0 atom stereocenters. The second-order valence-electron chi connectivity index (χ2n) is 9.60. The molecule has 1 amide bonds. The normalized spacial score (nSPS) is 11.1. The first kappa shape index (κ1) is 26.3. The van der Waals surface area contributed by atoms with Crippen molar-refractivity contribution in [3.05, 3.63) is 107 Å². The number of aromatic nitrogens is 3. The van der Waals surface area contributed by atoms with E-state index >= 15 is 0 Å². The van der Waals surface area contributed by atoms with E-state index in [-0.39, 0.29) is 18.1 Å². The number of rotatable bonds is 10. The molecule has 2 heterocycles. The van der Waals surface area contributed by atoms with Gasteiger partial charge in [0.05, 0.1) is 18.0 Å². The predicted molar refractivity (Wildman–Crippen MR) is 152 cm³/mol. The molecule has 5 aromatic rings. The van der Waals surface area contributed by atoms with Crippen LogP contribution in [0.3, 0.4) is 0 Å². The molecule has 0 aliphatic rings. The number of halogens is 1. The van der Waals surface area contributed by atoms with Gasteiger partial charge in [-0.3, -0.25) is 4.79 Å². The summed E-state index contributed by atoms with van der Waals surface area (Å²) in [6.45, 7) is 5.30. The molecular formula is C31H29ClN4O3. The van der Waals surface area contributed by atoms with Crippen molar-refractivity contribution in [2.45, 2.75) is 26.8 Å². The van der Waals surface area contributed by atoms with E-state index in [1.807, 2.05) is 77.6 Å². The third-order valence-electron chi connectivity index (χ3n) is 6.21. The maximum atomic E-state index is 12.9. The molecule has 2 aromatic heterocycles. The molecule has 0 bridgehead atoms. The molecule has 0 unspecified atom stereocenters. The number of para-hydroxylation sites is 1. The Kier molecular flexibility index (Phi) is 8.08. The molecule has 0 spiro atoms. The molecule has 0 fully saturated rings. The second-order valence-corrected chi connectivity index (χ2v) is 10.0. The summed E-state index contributed by atoms with van der Waals surface area (Å²) < 4.78 is 13.1. The van der Waals surface area contributed by atoms with Crippen LogP contribution in [0.15, 0.2) is 95.6 Å². The lowest BCUT2D eigenvalue weighted by Gasteiger charge is -2.09. The first-order valence-electron chi connectivity index (χ1n) is 12.8. The Balaban J connectivity index is 1.34. The lowest BCUT2D eigenvalue weighted by atomic mass is 10.1. The van der Waals surface area contributed by atoms with Crippen LogP contribution in [0.1, 0.15) is 36.3 Å². The minimum atomic E-state index is -0.341. The minimum absolute atomic E-state index is 0.194. The summed E-state index contributed by atoms with van der Waals surface area (Å²) in [7, 11) is 0. The summed E-state index contributed by atoms with van der Waals surface area (Å²) >= 11 is 5.97. The fourth-order valence-electron chi connectivity index (χ4n) is 4.02. The Labute approximate surface area is 232 Å². The molecule has 7 nitrogen and oxygen atoms in total. The van der Waals surface area contributed by atoms with E-state index in [0.717, 1.165) is 40.2 Å². The van der Waals surface area contributed by atoms with Crippen molar-refractivity contribution < 1.29 is 14.1 Å². The zero-order chi connectivity index (χ0) is 27.2. The summed E-state index contributed by atoms with van der Waals surface area (Å²) in [6.07, 6.45) is 2.93. The van der Waals surface area contributed by atoms with Gasteiger partial charge < -0.3 is 14.6 Å². The van der Waals surface area contributed by atoms with Gasteiger partial charge in [-0.25, -0.2) is 4.68 Å². The van der Waals surface area contributed by atoms with Gasteiger partial charge in [-0.15, -0.1) is 0 Å². The van der Waals surface area contributed by atoms with Gasteiger partial charge in [0.2, 0.25) is 0 Å². The number of benzene rings is 3. The fourth-order valence-corrected chi connectivity index (χ4v) is 4.14. The van der Waals surface area contributed by atoms with Crippen LogP contribution in [-0.4, -0.2) is 27.5 Å². The van der Waals surface area contributed by atoms with E-state index in [4.69, 9.17) is 26.0 Å². The number of carbonyl (C=O) groups excluding carboxylic acids is 1. The van der Waals surface area contributed by atoms with Crippen molar-refractivity contribution in [1.29, 1.82) is 0 Å². The number of nitrogens with zero attached hydrogens (tertiary/aromatic N) is 3. The maximum absolute atomic E-state index is 12.9. The molecule has 3 aromatic carbocycles. The molecule has 8 heteroatoms. The molecule has 39 heavy (non-hydrogen) atoms. The monoisotopic (exact) mass is 540 g/mol. The Hall–Kier alpha value is -4.36. The van der Waals surface area contributed by atoms with Gasteiger partial charge >= 0.3 is 0 Å². The molecule has 0 saturated carbocycles. The third-order valence-corrected chi connectivity index (χ3v) is 6.47. The van der Waals surface area contributed by atoms with Gasteiger partial charge in [0.25, 0.3) is 5.91 Å². The number of amides is 1. The topological polar surface area (TPSA) is 82.2 Å².